The Morgan fingerprint density at radius 3 is 1.56 bits per heavy atom. The fourth-order valence-electron chi connectivity index (χ4n) is 2.40. The van der Waals surface area contributed by atoms with Gasteiger partial charge in [-0.05, 0) is 0 Å². The van der Waals surface area contributed by atoms with Gasteiger partial charge in [-0.25, -0.2) is 0 Å². The summed E-state index contributed by atoms with van der Waals surface area (Å²) in [6.45, 7) is 12.4. The van der Waals surface area contributed by atoms with Gasteiger partial charge in [-0.15, -0.1) is 0 Å². The van der Waals surface area contributed by atoms with Crippen LogP contribution in [-0.2, 0) is 0 Å². The van der Waals surface area contributed by atoms with Gasteiger partial charge in [0.1, 0.15) is 0 Å². The van der Waals surface area contributed by atoms with Crippen molar-refractivity contribution in [1.82, 2.24) is 4.57 Å². The van der Waals surface area contributed by atoms with Crippen LogP contribution in [0.2, 0.25) is 17.8 Å². The van der Waals surface area contributed by atoms with Crippen LogP contribution >= 0.6 is 0 Å². The number of hydrogen-bond donors (Lipinski definition) is 0. The Morgan fingerprint density at radius 2 is 1.22 bits per heavy atom. The molecule has 0 amide bonds. The Balaban J connectivity index is 4.00. The number of rotatable bonds is 12. The minimum absolute atomic E-state index is 1.09. The van der Waals surface area contributed by atoms with Crippen LogP contribution in [0, 0.1) is 0 Å². The van der Waals surface area contributed by atoms with Crippen molar-refractivity contribution in [3.63, 3.8) is 0 Å². The average Bonchev–Trinajstić information content (AvgIpc) is 2.36. The number of unbranched alkanes of at least 4 members (excludes halogenated alkanes) is 6. The van der Waals surface area contributed by atoms with Crippen LogP contribution in [0.3, 0.4) is 0 Å². The van der Waals surface area contributed by atoms with E-state index in [1.165, 1.54) is 69.2 Å². The first-order chi connectivity index (χ1) is 8.58. The summed E-state index contributed by atoms with van der Waals surface area (Å²) >= 11 is 2.39. The molecular weight excluding hydrogens is 229 g/mol. The molecule has 0 spiro atoms. The predicted molar refractivity (Wildman–Crippen MR) is 87.9 cm³/mol. The maximum absolute atomic E-state index is 2.87. The zero-order chi connectivity index (χ0) is 13.9. The molecule has 0 bridgehead atoms. The van der Waals surface area contributed by atoms with Gasteiger partial charge in [0.05, 0.1) is 0 Å². The first-order valence-corrected chi connectivity index (χ1v) is 11.5. The predicted octanol–water partition coefficient (Wildman–Crippen LogP) is 4.78. The molecule has 0 heterocycles. The SMILES string of the molecule is [Li][CH2][Si](C)(C)N(CCCCCC)CCCCCC. The molecule has 0 aromatic rings. The number of hydrogen-bond acceptors (Lipinski definition) is 1. The van der Waals surface area contributed by atoms with E-state index >= 15 is 0 Å². The second kappa shape index (κ2) is 11.6. The minimum atomic E-state index is -1.09. The van der Waals surface area contributed by atoms with Crippen molar-refractivity contribution in [2.45, 2.75) is 83.0 Å². The quantitative estimate of drug-likeness (QED) is 0.362. The van der Waals surface area contributed by atoms with E-state index in [0.29, 0.717) is 0 Å². The maximum atomic E-state index is 2.87. The molecule has 1 nitrogen and oxygen atoms in total. The fraction of sp³-hybridized carbons (Fsp3) is 1.00. The summed E-state index contributed by atoms with van der Waals surface area (Å²) in [5, 5.41) is 0. The van der Waals surface area contributed by atoms with Gasteiger partial charge < -0.3 is 0 Å². The molecule has 104 valence electrons. The standard InChI is InChI=1S/C15H34NSi.Li/c1-6-8-10-12-14-16(17(3,4)5)15-13-11-9-7-2;/h3,6-15H2,1-2,4-5H3;. The van der Waals surface area contributed by atoms with Gasteiger partial charge in [-0.2, -0.15) is 0 Å². The molecule has 3 heteroatoms. The summed E-state index contributed by atoms with van der Waals surface area (Å²) in [6.07, 6.45) is 11.2. The molecule has 0 saturated carbocycles. The summed E-state index contributed by atoms with van der Waals surface area (Å²) < 4.78 is 4.27. The van der Waals surface area contributed by atoms with Crippen LogP contribution in [0.5, 0.6) is 0 Å². The molecular formula is C15H34LiNSi. The Bertz CT molecular complexity index is 173. The van der Waals surface area contributed by atoms with E-state index in [2.05, 4.69) is 49.2 Å². The number of nitrogens with zero attached hydrogens (tertiary/aromatic N) is 1. The van der Waals surface area contributed by atoms with Gasteiger partial charge in [0.25, 0.3) is 0 Å². The van der Waals surface area contributed by atoms with E-state index in [-0.39, 0.29) is 0 Å². The van der Waals surface area contributed by atoms with Crippen molar-refractivity contribution >= 4 is 26.0 Å². The molecule has 0 rings (SSSR count). The molecule has 0 saturated heterocycles. The van der Waals surface area contributed by atoms with Crippen LogP contribution < -0.4 is 0 Å². The Kier molecular flexibility index (Phi) is 12.1. The van der Waals surface area contributed by atoms with E-state index in [1.54, 1.807) is 0 Å². The van der Waals surface area contributed by atoms with Gasteiger partial charge in [0.15, 0.2) is 0 Å². The van der Waals surface area contributed by atoms with Crippen molar-refractivity contribution < 1.29 is 0 Å². The Hall–Kier alpha value is 0.774. The van der Waals surface area contributed by atoms with Crippen molar-refractivity contribution in [2.24, 2.45) is 0 Å². The third kappa shape index (κ3) is 8.80. The monoisotopic (exact) mass is 263 g/mol. The summed E-state index contributed by atoms with van der Waals surface area (Å²) in [7, 11) is -1.09. The van der Waals surface area contributed by atoms with E-state index in [4.69, 9.17) is 0 Å². The third-order valence-electron chi connectivity index (χ3n) is 4.28. The van der Waals surface area contributed by atoms with Crippen molar-refractivity contribution in [2.75, 3.05) is 13.1 Å². The Labute approximate surface area is 126 Å². The third-order valence-corrected chi connectivity index (χ3v) is 8.17. The zero-order valence-electron chi connectivity index (χ0n) is 13.7. The fourth-order valence-corrected chi connectivity index (χ4v) is 4.37. The van der Waals surface area contributed by atoms with Crippen LogP contribution in [0.4, 0.5) is 0 Å². The summed E-state index contributed by atoms with van der Waals surface area (Å²) in [5.74, 6) is 0. The summed E-state index contributed by atoms with van der Waals surface area (Å²) in [6, 6.07) is 0. The second-order valence-electron chi connectivity index (χ2n) is 6.27. The van der Waals surface area contributed by atoms with Crippen molar-refractivity contribution in [3.8, 4) is 0 Å². The molecule has 0 unspecified atom stereocenters. The van der Waals surface area contributed by atoms with Gasteiger partial charge in [-0.1, -0.05) is 0 Å². The van der Waals surface area contributed by atoms with Gasteiger partial charge >= 0.3 is 127 Å². The molecule has 0 radical (unpaired) electrons. The van der Waals surface area contributed by atoms with Crippen LogP contribution in [0.15, 0.2) is 0 Å². The van der Waals surface area contributed by atoms with Gasteiger partial charge in [0, 0.05) is 0 Å². The molecule has 0 fully saturated rings. The molecule has 0 atom stereocenters. The van der Waals surface area contributed by atoms with E-state index < -0.39 is 8.24 Å². The summed E-state index contributed by atoms with van der Waals surface area (Å²) in [5.41, 5.74) is 0. The molecule has 0 aliphatic heterocycles. The molecule has 0 aliphatic carbocycles. The second-order valence-corrected chi connectivity index (χ2v) is 11.2. The molecule has 0 aromatic heterocycles. The summed E-state index contributed by atoms with van der Waals surface area (Å²) in [4.78, 5) is 0. The molecule has 0 aromatic carbocycles. The molecule has 0 aliphatic rings. The van der Waals surface area contributed by atoms with E-state index in [0.717, 1.165) is 0 Å². The van der Waals surface area contributed by atoms with E-state index in [9.17, 15) is 0 Å². The van der Waals surface area contributed by atoms with Crippen molar-refractivity contribution in [1.29, 1.82) is 0 Å². The topological polar surface area (TPSA) is 3.24 Å². The molecule has 18 heavy (non-hydrogen) atoms. The van der Waals surface area contributed by atoms with Gasteiger partial charge in [0.2, 0.25) is 0 Å². The molecule has 0 N–H and O–H groups in total. The van der Waals surface area contributed by atoms with Crippen LogP contribution in [0.25, 0.3) is 0 Å². The normalized spacial score (nSPS) is 12.4. The average molecular weight is 263 g/mol. The first kappa shape index (κ1) is 18.8. The van der Waals surface area contributed by atoms with Crippen LogP contribution in [-0.4, -0.2) is 43.6 Å². The van der Waals surface area contributed by atoms with Crippen LogP contribution in [0.1, 0.15) is 65.2 Å². The van der Waals surface area contributed by atoms with Crippen molar-refractivity contribution in [3.05, 3.63) is 0 Å². The first-order valence-electron chi connectivity index (χ1n) is 8.33. The van der Waals surface area contributed by atoms with Gasteiger partial charge in [-0.3, -0.25) is 0 Å². The zero-order valence-corrected chi connectivity index (χ0v) is 14.7. The van der Waals surface area contributed by atoms with E-state index in [1.807, 2.05) is 0 Å². The Morgan fingerprint density at radius 1 is 0.778 bits per heavy atom.